The Balaban J connectivity index is 2.11. The third-order valence-corrected chi connectivity index (χ3v) is 3.14. The van der Waals surface area contributed by atoms with E-state index >= 15 is 0 Å². The van der Waals surface area contributed by atoms with Crippen LogP contribution < -0.4 is 14.8 Å². The van der Waals surface area contributed by atoms with Crippen LogP contribution in [0.4, 0.5) is 0 Å². The lowest BCUT2D eigenvalue weighted by Gasteiger charge is -2.09. The first-order valence-corrected chi connectivity index (χ1v) is 6.54. The Morgan fingerprint density at radius 2 is 1.81 bits per heavy atom. The molecule has 2 rings (SSSR count). The van der Waals surface area contributed by atoms with E-state index < -0.39 is 0 Å². The Bertz CT molecular complexity index is 627. The maximum atomic E-state index is 12.2. The van der Waals surface area contributed by atoms with E-state index in [9.17, 15) is 4.79 Å². The topological polar surface area (TPSA) is 65.4 Å². The molecule has 0 saturated carbocycles. The summed E-state index contributed by atoms with van der Waals surface area (Å²) < 4.78 is 12.1. The molecule has 0 aliphatic rings. The third kappa shape index (κ3) is 3.53. The van der Waals surface area contributed by atoms with Crippen LogP contribution >= 0.6 is 0 Å². The molecule has 0 unspecified atom stereocenters. The highest BCUT2D eigenvalue weighted by atomic mass is 16.5. The van der Waals surface area contributed by atoms with Crippen LogP contribution in [-0.4, -0.2) is 29.9 Å². The molecule has 0 spiro atoms. The fraction of sp³-hybridized carbons (Fsp3) is 0.333. The third-order valence-electron chi connectivity index (χ3n) is 3.14. The summed E-state index contributed by atoms with van der Waals surface area (Å²) >= 11 is 0. The van der Waals surface area contributed by atoms with E-state index in [1.165, 1.54) is 0 Å². The van der Waals surface area contributed by atoms with Crippen molar-refractivity contribution in [2.75, 3.05) is 14.2 Å². The van der Waals surface area contributed by atoms with E-state index in [0.29, 0.717) is 23.6 Å². The van der Waals surface area contributed by atoms with E-state index in [0.717, 1.165) is 11.4 Å². The van der Waals surface area contributed by atoms with E-state index in [4.69, 9.17) is 9.47 Å². The number of carbonyl (C=O) groups excluding carboxylic acids is 1. The number of methoxy groups -OCH3 is 2. The summed E-state index contributed by atoms with van der Waals surface area (Å²) in [4.78, 5) is 12.2. The second kappa shape index (κ2) is 6.30. The molecule has 6 heteroatoms. The summed E-state index contributed by atoms with van der Waals surface area (Å²) in [6.07, 6.45) is 0. The fourth-order valence-corrected chi connectivity index (χ4v) is 2.04. The number of rotatable bonds is 5. The number of benzene rings is 1. The van der Waals surface area contributed by atoms with E-state index in [1.807, 2.05) is 20.0 Å². The molecule has 112 valence electrons. The number of carbonyl (C=O) groups is 1. The van der Waals surface area contributed by atoms with Gasteiger partial charge >= 0.3 is 0 Å². The van der Waals surface area contributed by atoms with Gasteiger partial charge in [0.25, 0.3) is 5.91 Å². The van der Waals surface area contributed by atoms with E-state index in [-0.39, 0.29) is 5.91 Å². The molecule has 1 heterocycles. The molecule has 0 saturated heterocycles. The Morgan fingerprint density at radius 1 is 1.19 bits per heavy atom. The molecule has 0 bridgehead atoms. The van der Waals surface area contributed by atoms with Gasteiger partial charge in [0.2, 0.25) is 0 Å². The highest BCUT2D eigenvalue weighted by molar-refractivity contribution is 5.95. The Morgan fingerprint density at radius 3 is 2.29 bits per heavy atom. The van der Waals surface area contributed by atoms with Gasteiger partial charge in [0.05, 0.1) is 32.2 Å². The molecule has 1 aromatic heterocycles. The summed E-state index contributed by atoms with van der Waals surface area (Å²) in [5.74, 6) is 0.970. The van der Waals surface area contributed by atoms with Crippen LogP contribution in [0.25, 0.3) is 0 Å². The van der Waals surface area contributed by atoms with Gasteiger partial charge in [0.15, 0.2) is 0 Å². The highest BCUT2D eigenvalue weighted by Crippen LogP contribution is 2.22. The normalized spacial score (nSPS) is 10.3. The van der Waals surface area contributed by atoms with Crippen molar-refractivity contribution in [2.45, 2.75) is 13.5 Å². The lowest BCUT2D eigenvalue weighted by atomic mass is 10.2. The lowest BCUT2D eigenvalue weighted by Crippen LogP contribution is -2.24. The molecule has 1 amide bonds. The summed E-state index contributed by atoms with van der Waals surface area (Å²) in [6.45, 7) is 2.33. The molecule has 0 atom stereocenters. The molecular weight excluding hydrogens is 270 g/mol. The zero-order valence-electron chi connectivity index (χ0n) is 12.6. The Kier molecular flexibility index (Phi) is 4.47. The molecule has 0 aliphatic carbocycles. The molecule has 1 N–H and O–H groups in total. The first-order chi connectivity index (χ1) is 10.0. The zero-order valence-corrected chi connectivity index (χ0v) is 12.6. The van der Waals surface area contributed by atoms with Crippen molar-refractivity contribution in [3.8, 4) is 11.5 Å². The first kappa shape index (κ1) is 14.9. The minimum absolute atomic E-state index is 0.189. The number of hydrogen-bond donors (Lipinski definition) is 1. The zero-order chi connectivity index (χ0) is 15.4. The van der Waals surface area contributed by atoms with Gasteiger partial charge in [-0.05, 0) is 25.1 Å². The number of amides is 1. The summed E-state index contributed by atoms with van der Waals surface area (Å²) in [7, 11) is 4.95. The molecular formula is C15H19N3O3. The van der Waals surface area contributed by atoms with Crippen molar-refractivity contribution in [1.82, 2.24) is 15.1 Å². The largest absolute Gasteiger partial charge is 0.497 e. The smallest absolute Gasteiger partial charge is 0.251 e. The number of ether oxygens (including phenoxy) is 2. The van der Waals surface area contributed by atoms with Crippen LogP contribution in [0, 0.1) is 6.92 Å². The van der Waals surface area contributed by atoms with Crippen LogP contribution in [0.1, 0.15) is 21.7 Å². The predicted molar refractivity (Wildman–Crippen MR) is 78.7 cm³/mol. The van der Waals surface area contributed by atoms with Crippen LogP contribution in [-0.2, 0) is 13.6 Å². The van der Waals surface area contributed by atoms with Gasteiger partial charge in [-0.2, -0.15) is 5.10 Å². The van der Waals surface area contributed by atoms with Crippen LogP contribution in [0.5, 0.6) is 11.5 Å². The van der Waals surface area contributed by atoms with Crippen molar-refractivity contribution in [2.24, 2.45) is 7.05 Å². The van der Waals surface area contributed by atoms with Gasteiger partial charge in [0.1, 0.15) is 11.5 Å². The minimum atomic E-state index is -0.189. The van der Waals surface area contributed by atoms with Crippen molar-refractivity contribution in [3.05, 3.63) is 41.2 Å². The second-order valence-corrected chi connectivity index (χ2v) is 4.68. The van der Waals surface area contributed by atoms with Crippen molar-refractivity contribution < 1.29 is 14.3 Å². The molecule has 21 heavy (non-hydrogen) atoms. The summed E-state index contributed by atoms with van der Waals surface area (Å²) in [6, 6.07) is 7.01. The summed E-state index contributed by atoms with van der Waals surface area (Å²) in [5.41, 5.74) is 2.35. The predicted octanol–water partition coefficient (Wildman–Crippen LogP) is 1.68. The van der Waals surface area contributed by atoms with Crippen molar-refractivity contribution in [1.29, 1.82) is 0 Å². The van der Waals surface area contributed by atoms with Crippen molar-refractivity contribution in [3.63, 3.8) is 0 Å². The quantitative estimate of drug-likeness (QED) is 0.909. The number of aryl methyl sites for hydroxylation is 2. The van der Waals surface area contributed by atoms with Crippen LogP contribution in [0.15, 0.2) is 24.3 Å². The van der Waals surface area contributed by atoms with Crippen LogP contribution in [0.2, 0.25) is 0 Å². The molecule has 1 aromatic carbocycles. The monoisotopic (exact) mass is 289 g/mol. The van der Waals surface area contributed by atoms with Gasteiger partial charge in [-0.15, -0.1) is 0 Å². The molecule has 0 aliphatic heterocycles. The van der Waals surface area contributed by atoms with Crippen LogP contribution in [0.3, 0.4) is 0 Å². The van der Waals surface area contributed by atoms with E-state index in [1.54, 1.807) is 37.1 Å². The average Bonchev–Trinajstić information content (AvgIpc) is 2.81. The summed E-state index contributed by atoms with van der Waals surface area (Å²) in [5, 5.41) is 7.10. The highest BCUT2D eigenvalue weighted by Gasteiger charge is 2.11. The minimum Gasteiger partial charge on any atom is -0.497 e. The van der Waals surface area contributed by atoms with Gasteiger partial charge < -0.3 is 14.8 Å². The first-order valence-electron chi connectivity index (χ1n) is 6.54. The fourth-order valence-electron chi connectivity index (χ4n) is 2.04. The van der Waals surface area contributed by atoms with Gasteiger partial charge in [-0.1, -0.05) is 0 Å². The van der Waals surface area contributed by atoms with Gasteiger partial charge in [-0.3, -0.25) is 9.48 Å². The standard InChI is InChI=1S/C15H19N3O3/c1-10-5-12(18(2)17-10)9-16-15(19)11-6-13(20-3)8-14(7-11)21-4/h5-8H,9H2,1-4H3,(H,16,19). The Labute approximate surface area is 123 Å². The Hall–Kier alpha value is -2.50. The number of nitrogens with zero attached hydrogens (tertiary/aromatic N) is 2. The number of nitrogens with one attached hydrogen (secondary N) is 1. The van der Waals surface area contributed by atoms with Crippen molar-refractivity contribution >= 4 is 5.91 Å². The maximum Gasteiger partial charge on any atom is 0.251 e. The lowest BCUT2D eigenvalue weighted by molar-refractivity contribution is 0.0949. The molecule has 6 nitrogen and oxygen atoms in total. The number of hydrogen-bond acceptors (Lipinski definition) is 4. The number of aromatic nitrogens is 2. The average molecular weight is 289 g/mol. The van der Waals surface area contributed by atoms with Gasteiger partial charge in [0, 0.05) is 18.7 Å². The van der Waals surface area contributed by atoms with E-state index in [2.05, 4.69) is 10.4 Å². The maximum absolute atomic E-state index is 12.2. The second-order valence-electron chi connectivity index (χ2n) is 4.68. The SMILES string of the molecule is COc1cc(OC)cc(C(=O)NCc2cc(C)nn2C)c1. The molecule has 0 fully saturated rings. The van der Waals surface area contributed by atoms with Gasteiger partial charge in [-0.25, -0.2) is 0 Å². The molecule has 0 radical (unpaired) electrons. The molecule has 2 aromatic rings.